The molecular formula is C20H18ClN5. The van der Waals surface area contributed by atoms with E-state index in [2.05, 4.69) is 33.5 Å². The predicted molar refractivity (Wildman–Crippen MR) is 107 cm³/mol. The maximum absolute atomic E-state index is 6.06. The lowest BCUT2D eigenvalue weighted by Crippen LogP contribution is -2.08. The minimum Gasteiger partial charge on any atom is -0.378 e. The van der Waals surface area contributed by atoms with Gasteiger partial charge in [-0.3, -0.25) is 0 Å². The van der Waals surface area contributed by atoms with Crippen LogP contribution in [0.5, 0.6) is 0 Å². The molecule has 2 aromatic heterocycles. The van der Waals surface area contributed by atoms with Crippen LogP contribution in [0.2, 0.25) is 5.02 Å². The van der Waals surface area contributed by atoms with Gasteiger partial charge in [-0.15, -0.1) is 0 Å². The molecule has 0 aliphatic carbocycles. The number of nitrogens with one attached hydrogen (secondary N) is 1. The van der Waals surface area contributed by atoms with Crippen molar-refractivity contribution in [1.29, 1.82) is 0 Å². The molecular weight excluding hydrogens is 346 g/mol. The summed E-state index contributed by atoms with van der Waals surface area (Å²) < 4.78 is 1.78. The van der Waals surface area contributed by atoms with Crippen LogP contribution in [0.1, 0.15) is 0 Å². The fourth-order valence-electron chi connectivity index (χ4n) is 2.81. The van der Waals surface area contributed by atoms with Crippen molar-refractivity contribution >= 4 is 34.4 Å². The number of rotatable bonds is 4. The molecule has 0 aliphatic heterocycles. The first-order chi connectivity index (χ1) is 12.6. The molecule has 0 aliphatic rings. The van der Waals surface area contributed by atoms with Crippen LogP contribution in [0, 0.1) is 0 Å². The SMILES string of the molecule is CN(C)c1cccc(-c2cnn3ccc(Nc4cccc(Cl)c4)nc23)c1. The Morgan fingerprint density at radius 2 is 1.88 bits per heavy atom. The molecule has 4 rings (SSSR count). The Bertz CT molecular complexity index is 1070. The second-order valence-electron chi connectivity index (χ2n) is 6.22. The summed E-state index contributed by atoms with van der Waals surface area (Å²) in [4.78, 5) is 6.82. The number of benzene rings is 2. The molecule has 1 N–H and O–H groups in total. The highest BCUT2D eigenvalue weighted by atomic mass is 35.5. The van der Waals surface area contributed by atoms with Gasteiger partial charge in [0.25, 0.3) is 0 Å². The molecule has 0 spiro atoms. The summed E-state index contributed by atoms with van der Waals surface area (Å²) in [5.74, 6) is 0.741. The Hall–Kier alpha value is -3.05. The van der Waals surface area contributed by atoms with Gasteiger partial charge in [0.05, 0.1) is 6.20 Å². The van der Waals surface area contributed by atoms with Gasteiger partial charge in [0, 0.05) is 42.3 Å². The molecule has 0 atom stereocenters. The monoisotopic (exact) mass is 363 g/mol. The third kappa shape index (κ3) is 3.21. The maximum atomic E-state index is 6.06. The molecule has 26 heavy (non-hydrogen) atoms. The lowest BCUT2D eigenvalue weighted by atomic mass is 10.1. The lowest BCUT2D eigenvalue weighted by Gasteiger charge is -2.13. The zero-order chi connectivity index (χ0) is 18.1. The van der Waals surface area contributed by atoms with E-state index in [1.54, 1.807) is 4.52 Å². The van der Waals surface area contributed by atoms with Crippen molar-refractivity contribution in [2.75, 3.05) is 24.3 Å². The summed E-state index contributed by atoms with van der Waals surface area (Å²) in [7, 11) is 4.06. The van der Waals surface area contributed by atoms with Gasteiger partial charge in [0.1, 0.15) is 5.82 Å². The van der Waals surface area contributed by atoms with Crippen LogP contribution in [0.4, 0.5) is 17.2 Å². The van der Waals surface area contributed by atoms with E-state index in [4.69, 9.17) is 16.6 Å². The van der Waals surface area contributed by atoms with Crippen LogP contribution < -0.4 is 10.2 Å². The highest BCUT2D eigenvalue weighted by Crippen LogP contribution is 2.28. The zero-order valence-electron chi connectivity index (χ0n) is 14.5. The molecule has 0 fully saturated rings. The van der Waals surface area contributed by atoms with Crippen molar-refractivity contribution in [3.8, 4) is 11.1 Å². The van der Waals surface area contributed by atoms with E-state index in [9.17, 15) is 0 Å². The van der Waals surface area contributed by atoms with Gasteiger partial charge in [-0.1, -0.05) is 29.8 Å². The highest BCUT2D eigenvalue weighted by molar-refractivity contribution is 6.30. The van der Waals surface area contributed by atoms with Crippen LogP contribution >= 0.6 is 11.6 Å². The zero-order valence-corrected chi connectivity index (χ0v) is 15.3. The molecule has 0 amide bonds. The molecule has 0 bridgehead atoms. The van der Waals surface area contributed by atoms with Gasteiger partial charge in [-0.25, -0.2) is 9.50 Å². The molecule has 5 nitrogen and oxygen atoms in total. The molecule has 2 aromatic carbocycles. The summed E-state index contributed by atoms with van der Waals surface area (Å²) in [6, 6.07) is 17.8. The van der Waals surface area contributed by atoms with E-state index in [0.29, 0.717) is 5.02 Å². The summed E-state index contributed by atoms with van der Waals surface area (Å²) in [5, 5.41) is 8.40. The fourth-order valence-corrected chi connectivity index (χ4v) is 3.00. The number of nitrogens with zero attached hydrogens (tertiary/aromatic N) is 4. The van der Waals surface area contributed by atoms with Crippen LogP contribution in [0.15, 0.2) is 67.0 Å². The number of hydrogen-bond acceptors (Lipinski definition) is 4. The summed E-state index contributed by atoms with van der Waals surface area (Å²) >= 11 is 6.06. The topological polar surface area (TPSA) is 45.5 Å². The third-order valence-corrected chi connectivity index (χ3v) is 4.37. The number of hydrogen-bond donors (Lipinski definition) is 1. The Balaban J connectivity index is 1.74. The summed E-state index contributed by atoms with van der Waals surface area (Å²) in [6.45, 7) is 0. The normalized spacial score (nSPS) is 10.9. The van der Waals surface area contributed by atoms with Crippen molar-refractivity contribution in [2.45, 2.75) is 0 Å². The van der Waals surface area contributed by atoms with Crippen LogP contribution in [0.25, 0.3) is 16.8 Å². The molecule has 2 heterocycles. The Morgan fingerprint density at radius 1 is 1.04 bits per heavy atom. The average Bonchev–Trinajstić information content (AvgIpc) is 3.05. The predicted octanol–water partition coefficient (Wildman–Crippen LogP) is 4.86. The number of aromatic nitrogens is 3. The first kappa shape index (κ1) is 16.4. The minimum absolute atomic E-state index is 0.682. The van der Waals surface area contributed by atoms with E-state index in [1.807, 2.05) is 62.9 Å². The standard InChI is InChI=1S/C20H18ClN5/c1-25(2)17-8-3-5-14(11-17)18-13-22-26-10-9-19(24-20(18)26)23-16-7-4-6-15(21)12-16/h3-13H,1-2H3,(H,23,24). The lowest BCUT2D eigenvalue weighted by molar-refractivity contribution is 0.941. The van der Waals surface area contributed by atoms with E-state index in [0.717, 1.165) is 34.0 Å². The van der Waals surface area contributed by atoms with Crippen LogP contribution in [-0.4, -0.2) is 28.7 Å². The number of anilines is 3. The van der Waals surface area contributed by atoms with Crippen molar-refractivity contribution in [2.24, 2.45) is 0 Å². The summed E-state index contributed by atoms with van der Waals surface area (Å²) in [6.07, 6.45) is 3.74. The molecule has 130 valence electrons. The first-order valence-electron chi connectivity index (χ1n) is 8.25. The third-order valence-electron chi connectivity index (χ3n) is 4.14. The van der Waals surface area contributed by atoms with Crippen molar-refractivity contribution < 1.29 is 0 Å². The van der Waals surface area contributed by atoms with Gasteiger partial charge in [-0.05, 0) is 42.0 Å². The average molecular weight is 364 g/mol. The number of fused-ring (bicyclic) bond motifs is 1. The van der Waals surface area contributed by atoms with Gasteiger partial charge >= 0.3 is 0 Å². The quantitative estimate of drug-likeness (QED) is 0.562. The Labute approximate surface area is 156 Å². The van der Waals surface area contributed by atoms with Gasteiger partial charge in [0.2, 0.25) is 0 Å². The minimum atomic E-state index is 0.682. The Kier molecular flexibility index (Phi) is 4.22. The van der Waals surface area contributed by atoms with Crippen molar-refractivity contribution in [3.05, 3.63) is 72.0 Å². The Morgan fingerprint density at radius 3 is 2.69 bits per heavy atom. The summed E-state index contributed by atoms with van der Waals surface area (Å²) in [5.41, 5.74) is 4.90. The van der Waals surface area contributed by atoms with Crippen LogP contribution in [0.3, 0.4) is 0 Å². The molecule has 0 saturated carbocycles. The second-order valence-corrected chi connectivity index (χ2v) is 6.66. The molecule has 0 saturated heterocycles. The smallest absolute Gasteiger partial charge is 0.165 e. The first-order valence-corrected chi connectivity index (χ1v) is 8.63. The molecule has 4 aromatic rings. The van der Waals surface area contributed by atoms with Gasteiger partial charge in [-0.2, -0.15) is 5.10 Å². The second kappa shape index (κ2) is 6.69. The molecule has 0 radical (unpaired) electrons. The van der Waals surface area contributed by atoms with E-state index < -0.39 is 0 Å². The maximum Gasteiger partial charge on any atom is 0.165 e. The highest BCUT2D eigenvalue weighted by Gasteiger charge is 2.10. The van der Waals surface area contributed by atoms with Gasteiger partial charge in [0.15, 0.2) is 5.65 Å². The molecule has 0 unspecified atom stereocenters. The van der Waals surface area contributed by atoms with Gasteiger partial charge < -0.3 is 10.2 Å². The van der Waals surface area contributed by atoms with E-state index in [1.165, 1.54) is 0 Å². The van der Waals surface area contributed by atoms with Crippen LogP contribution in [-0.2, 0) is 0 Å². The van der Waals surface area contributed by atoms with Crippen molar-refractivity contribution in [1.82, 2.24) is 14.6 Å². The number of halogens is 1. The molecule has 6 heteroatoms. The fraction of sp³-hybridized carbons (Fsp3) is 0.100. The van der Waals surface area contributed by atoms with Crippen molar-refractivity contribution in [3.63, 3.8) is 0 Å². The van der Waals surface area contributed by atoms with E-state index >= 15 is 0 Å². The largest absolute Gasteiger partial charge is 0.378 e. The van der Waals surface area contributed by atoms with E-state index in [-0.39, 0.29) is 0 Å².